The van der Waals surface area contributed by atoms with Gasteiger partial charge < -0.3 is 9.64 Å². The summed E-state index contributed by atoms with van der Waals surface area (Å²) in [6.45, 7) is 0.556. The summed E-state index contributed by atoms with van der Waals surface area (Å²) in [5.41, 5.74) is 0.850. The predicted octanol–water partition coefficient (Wildman–Crippen LogP) is 3.72. The second-order valence-electron chi connectivity index (χ2n) is 5.85. The van der Waals surface area contributed by atoms with E-state index in [0.29, 0.717) is 6.54 Å². The van der Waals surface area contributed by atoms with Gasteiger partial charge in [0, 0.05) is 18.2 Å². The van der Waals surface area contributed by atoms with Crippen LogP contribution in [0, 0.1) is 15.9 Å². The molecule has 0 saturated carbocycles. The number of hydrogen-bond donors (Lipinski definition) is 0. The van der Waals surface area contributed by atoms with Crippen molar-refractivity contribution in [2.24, 2.45) is 0 Å². The molecule has 7 heteroatoms. The summed E-state index contributed by atoms with van der Waals surface area (Å²) < 4.78 is 18.1. The third kappa shape index (κ3) is 3.31. The summed E-state index contributed by atoms with van der Waals surface area (Å²) in [6, 6.07) is 10.1. The fourth-order valence-electron chi connectivity index (χ4n) is 3.17. The van der Waals surface area contributed by atoms with Crippen molar-refractivity contribution in [3.63, 3.8) is 0 Å². The van der Waals surface area contributed by atoms with Crippen molar-refractivity contribution in [3.05, 3.63) is 69.5 Å². The third-order valence-corrected chi connectivity index (χ3v) is 4.39. The smallest absolute Gasteiger partial charge is 0.311 e. The van der Waals surface area contributed by atoms with Gasteiger partial charge in [-0.3, -0.25) is 14.9 Å². The molecule has 1 unspecified atom stereocenters. The van der Waals surface area contributed by atoms with Gasteiger partial charge in [-0.05, 0) is 42.7 Å². The molecule has 0 aromatic heterocycles. The average Bonchev–Trinajstić information content (AvgIpc) is 3.10. The van der Waals surface area contributed by atoms with Crippen molar-refractivity contribution in [2.75, 3.05) is 13.7 Å². The molecule has 1 aliphatic heterocycles. The molecule has 0 bridgehead atoms. The number of carbonyl (C=O) groups excluding carboxylic acids is 1. The lowest BCUT2D eigenvalue weighted by molar-refractivity contribution is -0.385. The molecule has 6 nitrogen and oxygen atoms in total. The zero-order chi connectivity index (χ0) is 18.0. The quantitative estimate of drug-likeness (QED) is 0.626. The summed E-state index contributed by atoms with van der Waals surface area (Å²) >= 11 is 0. The maximum absolute atomic E-state index is 13.1. The zero-order valence-electron chi connectivity index (χ0n) is 13.6. The SMILES string of the molecule is COc1ccc(C(=O)N2CCCC2c2ccc(F)cc2)cc1[N+](=O)[O-]. The Labute approximate surface area is 144 Å². The van der Waals surface area contributed by atoms with E-state index >= 15 is 0 Å². The third-order valence-electron chi connectivity index (χ3n) is 4.39. The number of nitro benzene ring substituents is 1. The molecule has 0 N–H and O–H groups in total. The minimum atomic E-state index is -0.572. The van der Waals surface area contributed by atoms with Crippen LogP contribution in [0.15, 0.2) is 42.5 Å². The first-order valence-electron chi connectivity index (χ1n) is 7.90. The highest BCUT2D eigenvalue weighted by Crippen LogP contribution is 2.34. The summed E-state index contributed by atoms with van der Waals surface area (Å²) in [6.07, 6.45) is 1.60. The van der Waals surface area contributed by atoms with Crippen LogP contribution < -0.4 is 4.74 Å². The van der Waals surface area contributed by atoms with Crippen LogP contribution in [0.25, 0.3) is 0 Å². The van der Waals surface area contributed by atoms with Gasteiger partial charge in [-0.15, -0.1) is 0 Å². The van der Waals surface area contributed by atoms with Gasteiger partial charge in [-0.25, -0.2) is 4.39 Å². The number of methoxy groups -OCH3 is 1. The van der Waals surface area contributed by atoms with Crippen molar-refractivity contribution in [2.45, 2.75) is 18.9 Å². The highest BCUT2D eigenvalue weighted by atomic mass is 19.1. The fraction of sp³-hybridized carbons (Fsp3) is 0.278. The van der Waals surface area contributed by atoms with Crippen LogP contribution in [-0.2, 0) is 0 Å². The van der Waals surface area contributed by atoms with Crippen molar-refractivity contribution in [3.8, 4) is 5.75 Å². The van der Waals surface area contributed by atoms with E-state index in [-0.39, 0.29) is 34.8 Å². The van der Waals surface area contributed by atoms with E-state index in [1.807, 2.05) is 0 Å². The molecule has 3 rings (SSSR count). The monoisotopic (exact) mass is 344 g/mol. The number of benzene rings is 2. The molecule has 1 atom stereocenters. The Morgan fingerprint density at radius 2 is 2.00 bits per heavy atom. The van der Waals surface area contributed by atoms with Gasteiger partial charge in [0.05, 0.1) is 18.1 Å². The van der Waals surface area contributed by atoms with Gasteiger partial charge >= 0.3 is 5.69 Å². The summed E-state index contributed by atoms with van der Waals surface area (Å²) in [5.74, 6) is -0.499. The Balaban J connectivity index is 1.90. The second kappa shape index (κ2) is 6.88. The van der Waals surface area contributed by atoms with Gasteiger partial charge in [-0.1, -0.05) is 12.1 Å². The molecule has 1 amide bonds. The van der Waals surface area contributed by atoms with Crippen molar-refractivity contribution in [1.82, 2.24) is 4.90 Å². The van der Waals surface area contributed by atoms with Crippen LogP contribution in [0.3, 0.4) is 0 Å². The van der Waals surface area contributed by atoms with Crippen molar-refractivity contribution < 1.29 is 18.8 Å². The van der Waals surface area contributed by atoms with E-state index in [0.717, 1.165) is 18.4 Å². The van der Waals surface area contributed by atoms with E-state index in [9.17, 15) is 19.3 Å². The van der Waals surface area contributed by atoms with E-state index in [4.69, 9.17) is 4.74 Å². The van der Waals surface area contributed by atoms with E-state index in [1.165, 1.54) is 37.4 Å². The van der Waals surface area contributed by atoms with E-state index in [2.05, 4.69) is 0 Å². The summed E-state index contributed by atoms with van der Waals surface area (Å²) in [5, 5.41) is 11.2. The van der Waals surface area contributed by atoms with Crippen LogP contribution in [0.5, 0.6) is 5.75 Å². The van der Waals surface area contributed by atoms with Crippen LogP contribution in [0.4, 0.5) is 10.1 Å². The molecule has 2 aromatic carbocycles. The Hall–Kier alpha value is -2.96. The first-order valence-corrected chi connectivity index (χ1v) is 7.90. The van der Waals surface area contributed by atoms with Crippen molar-refractivity contribution in [1.29, 1.82) is 0 Å². The molecule has 0 aliphatic carbocycles. The van der Waals surface area contributed by atoms with Crippen LogP contribution in [0.1, 0.15) is 34.8 Å². The lowest BCUT2D eigenvalue weighted by atomic mass is 10.0. The lowest BCUT2D eigenvalue weighted by Crippen LogP contribution is -2.30. The number of amides is 1. The molecule has 0 radical (unpaired) electrons. The average molecular weight is 344 g/mol. The minimum Gasteiger partial charge on any atom is -0.490 e. The number of rotatable bonds is 4. The summed E-state index contributed by atoms with van der Waals surface area (Å²) in [7, 11) is 1.34. The van der Waals surface area contributed by atoms with Crippen LogP contribution in [0.2, 0.25) is 0 Å². The van der Waals surface area contributed by atoms with Crippen LogP contribution in [-0.4, -0.2) is 29.4 Å². The Morgan fingerprint density at radius 3 is 2.64 bits per heavy atom. The Bertz CT molecular complexity index is 807. The standard InChI is InChI=1S/C18H17FN2O4/c1-25-17-9-6-13(11-16(17)21(23)24)18(22)20-10-2-3-15(20)12-4-7-14(19)8-5-12/h4-9,11,15H,2-3,10H2,1H3. The minimum absolute atomic E-state index is 0.109. The van der Waals surface area contributed by atoms with E-state index < -0.39 is 4.92 Å². The molecule has 25 heavy (non-hydrogen) atoms. The topological polar surface area (TPSA) is 72.7 Å². The molecule has 1 aliphatic rings. The number of nitro groups is 1. The molecular formula is C18H17FN2O4. The lowest BCUT2D eigenvalue weighted by Gasteiger charge is -2.25. The highest BCUT2D eigenvalue weighted by molar-refractivity contribution is 5.95. The van der Waals surface area contributed by atoms with Crippen LogP contribution >= 0.6 is 0 Å². The van der Waals surface area contributed by atoms with Gasteiger partial charge in [0.25, 0.3) is 5.91 Å². The Morgan fingerprint density at radius 1 is 1.28 bits per heavy atom. The first-order chi connectivity index (χ1) is 12.0. The number of likely N-dealkylation sites (tertiary alicyclic amines) is 1. The predicted molar refractivity (Wildman–Crippen MR) is 89.1 cm³/mol. The zero-order valence-corrected chi connectivity index (χ0v) is 13.6. The normalized spacial score (nSPS) is 16.7. The fourth-order valence-corrected chi connectivity index (χ4v) is 3.17. The summed E-state index contributed by atoms with van der Waals surface area (Å²) in [4.78, 5) is 25.1. The maximum atomic E-state index is 13.1. The number of ether oxygens (including phenoxy) is 1. The molecule has 0 spiro atoms. The largest absolute Gasteiger partial charge is 0.490 e. The number of nitrogens with zero attached hydrogens (tertiary/aromatic N) is 2. The molecule has 1 heterocycles. The van der Waals surface area contributed by atoms with Gasteiger partial charge in [-0.2, -0.15) is 0 Å². The second-order valence-corrected chi connectivity index (χ2v) is 5.85. The molecular weight excluding hydrogens is 327 g/mol. The highest BCUT2D eigenvalue weighted by Gasteiger charge is 2.31. The first kappa shape index (κ1) is 16.9. The molecule has 2 aromatic rings. The van der Waals surface area contributed by atoms with Gasteiger partial charge in [0.15, 0.2) is 5.75 Å². The van der Waals surface area contributed by atoms with Gasteiger partial charge in [0.2, 0.25) is 0 Å². The molecule has 1 saturated heterocycles. The number of carbonyl (C=O) groups is 1. The van der Waals surface area contributed by atoms with Gasteiger partial charge in [0.1, 0.15) is 5.82 Å². The van der Waals surface area contributed by atoms with E-state index in [1.54, 1.807) is 17.0 Å². The number of halogens is 1. The van der Waals surface area contributed by atoms with Crippen molar-refractivity contribution >= 4 is 11.6 Å². The molecule has 1 fully saturated rings. The molecule has 130 valence electrons. The number of hydrogen-bond acceptors (Lipinski definition) is 4. The maximum Gasteiger partial charge on any atom is 0.311 e. The Kier molecular flexibility index (Phi) is 4.65.